The van der Waals surface area contributed by atoms with Gasteiger partial charge in [-0.3, -0.25) is 9.78 Å². The van der Waals surface area contributed by atoms with Crippen molar-refractivity contribution in [2.45, 2.75) is 13.0 Å². The molecule has 1 amide bonds. The first-order valence-corrected chi connectivity index (χ1v) is 8.26. The van der Waals surface area contributed by atoms with Crippen LogP contribution in [0, 0.1) is 6.92 Å². The molecule has 0 radical (unpaired) electrons. The molecule has 1 aliphatic heterocycles. The molecule has 126 valence electrons. The minimum atomic E-state index is -0.300. The lowest BCUT2D eigenvalue weighted by atomic mass is 10.1. The number of nitrogens with zero attached hydrogens (tertiary/aromatic N) is 4. The van der Waals surface area contributed by atoms with E-state index in [1.807, 2.05) is 43.3 Å². The van der Waals surface area contributed by atoms with Crippen molar-refractivity contribution < 1.29 is 9.53 Å². The molecule has 1 aliphatic rings. The van der Waals surface area contributed by atoms with Crippen LogP contribution in [0.25, 0.3) is 10.9 Å². The molecular weight excluding hydrogens is 316 g/mol. The third kappa shape index (κ3) is 3.21. The van der Waals surface area contributed by atoms with E-state index in [0.717, 1.165) is 16.6 Å². The fraction of sp³-hybridized carbons (Fsp3) is 0.263. The van der Waals surface area contributed by atoms with E-state index in [2.05, 4.69) is 15.0 Å². The number of hydrogen-bond donors (Lipinski definition) is 0. The van der Waals surface area contributed by atoms with E-state index in [0.29, 0.717) is 31.1 Å². The van der Waals surface area contributed by atoms with Gasteiger partial charge in [-0.2, -0.15) is 0 Å². The van der Waals surface area contributed by atoms with E-state index in [1.165, 1.54) is 0 Å². The van der Waals surface area contributed by atoms with Gasteiger partial charge in [0.15, 0.2) is 5.82 Å². The third-order valence-electron chi connectivity index (χ3n) is 4.29. The van der Waals surface area contributed by atoms with Crippen molar-refractivity contribution in [2.75, 3.05) is 19.7 Å². The summed E-state index contributed by atoms with van der Waals surface area (Å²) < 4.78 is 5.77. The summed E-state index contributed by atoms with van der Waals surface area (Å²) in [4.78, 5) is 27.7. The Labute approximate surface area is 145 Å². The number of carbonyl (C=O) groups excluding carboxylic acids is 1. The van der Waals surface area contributed by atoms with Gasteiger partial charge in [0, 0.05) is 30.0 Å². The maximum Gasteiger partial charge on any atom is 0.255 e. The van der Waals surface area contributed by atoms with Crippen molar-refractivity contribution >= 4 is 16.8 Å². The standard InChI is InChI=1S/C19H18N4O2/c1-13-6-7-20-18(22-13)17-12-23(8-9-25-17)19(24)15-10-14-4-2-3-5-16(14)21-11-15/h2-7,10-11,17H,8-9,12H2,1H3. The van der Waals surface area contributed by atoms with E-state index >= 15 is 0 Å². The highest BCUT2D eigenvalue weighted by molar-refractivity contribution is 5.97. The Morgan fingerprint density at radius 2 is 2.12 bits per heavy atom. The van der Waals surface area contributed by atoms with Gasteiger partial charge < -0.3 is 9.64 Å². The highest BCUT2D eigenvalue weighted by atomic mass is 16.5. The largest absolute Gasteiger partial charge is 0.367 e. The van der Waals surface area contributed by atoms with Crippen LogP contribution < -0.4 is 0 Å². The molecule has 1 unspecified atom stereocenters. The van der Waals surface area contributed by atoms with Crippen LogP contribution in [-0.2, 0) is 4.74 Å². The average molecular weight is 334 g/mol. The second-order valence-electron chi connectivity index (χ2n) is 6.08. The van der Waals surface area contributed by atoms with E-state index in [-0.39, 0.29) is 12.0 Å². The topological polar surface area (TPSA) is 68.2 Å². The number of carbonyl (C=O) groups is 1. The molecule has 1 saturated heterocycles. The van der Waals surface area contributed by atoms with Crippen LogP contribution in [0.5, 0.6) is 0 Å². The molecule has 0 spiro atoms. The summed E-state index contributed by atoms with van der Waals surface area (Å²) >= 11 is 0. The summed E-state index contributed by atoms with van der Waals surface area (Å²) in [6, 6.07) is 11.5. The number of benzene rings is 1. The number of aryl methyl sites for hydroxylation is 1. The lowest BCUT2D eigenvalue weighted by molar-refractivity contribution is -0.0268. The molecule has 1 fully saturated rings. The predicted octanol–water partition coefficient (Wildman–Crippen LogP) is 2.55. The Morgan fingerprint density at radius 3 is 3.00 bits per heavy atom. The fourth-order valence-corrected chi connectivity index (χ4v) is 2.98. The number of rotatable bonds is 2. The number of fused-ring (bicyclic) bond motifs is 1. The van der Waals surface area contributed by atoms with Crippen molar-refractivity contribution in [3.05, 3.63) is 65.9 Å². The molecule has 0 N–H and O–H groups in total. The average Bonchev–Trinajstić information content (AvgIpc) is 2.67. The molecule has 4 rings (SSSR count). The molecule has 6 heteroatoms. The van der Waals surface area contributed by atoms with Crippen molar-refractivity contribution in [2.24, 2.45) is 0 Å². The molecule has 0 bridgehead atoms. The molecule has 3 heterocycles. The minimum Gasteiger partial charge on any atom is -0.367 e. The van der Waals surface area contributed by atoms with Crippen LogP contribution in [0.15, 0.2) is 48.8 Å². The summed E-state index contributed by atoms with van der Waals surface area (Å²) in [5, 5.41) is 0.958. The highest BCUT2D eigenvalue weighted by Crippen LogP contribution is 2.21. The normalized spacial score (nSPS) is 17.6. The summed E-state index contributed by atoms with van der Waals surface area (Å²) in [6.07, 6.45) is 3.05. The van der Waals surface area contributed by atoms with E-state index in [1.54, 1.807) is 17.3 Å². The van der Waals surface area contributed by atoms with E-state index < -0.39 is 0 Å². The zero-order valence-corrected chi connectivity index (χ0v) is 13.9. The van der Waals surface area contributed by atoms with Crippen LogP contribution in [0.3, 0.4) is 0 Å². The molecular formula is C19H18N4O2. The van der Waals surface area contributed by atoms with Gasteiger partial charge in [-0.05, 0) is 25.1 Å². The van der Waals surface area contributed by atoms with E-state index in [9.17, 15) is 4.79 Å². The molecule has 6 nitrogen and oxygen atoms in total. The van der Waals surface area contributed by atoms with Crippen molar-refractivity contribution in [1.82, 2.24) is 19.9 Å². The van der Waals surface area contributed by atoms with Crippen LogP contribution in [0.1, 0.15) is 28.0 Å². The first-order chi connectivity index (χ1) is 12.2. The highest BCUT2D eigenvalue weighted by Gasteiger charge is 2.28. The second-order valence-corrected chi connectivity index (χ2v) is 6.08. The summed E-state index contributed by atoms with van der Waals surface area (Å²) in [5.41, 5.74) is 2.35. The SMILES string of the molecule is Cc1ccnc(C2CN(C(=O)c3cnc4ccccc4c3)CCO2)n1. The Morgan fingerprint density at radius 1 is 1.24 bits per heavy atom. The predicted molar refractivity (Wildman–Crippen MR) is 93.1 cm³/mol. The Hall–Kier alpha value is -2.86. The van der Waals surface area contributed by atoms with Crippen molar-refractivity contribution in [3.63, 3.8) is 0 Å². The minimum absolute atomic E-state index is 0.0424. The van der Waals surface area contributed by atoms with Gasteiger partial charge in [0.1, 0.15) is 6.10 Å². The lowest BCUT2D eigenvalue weighted by Gasteiger charge is -2.32. The van der Waals surface area contributed by atoms with Gasteiger partial charge >= 0.3 is 0 Å². The number of ether oxygens (including phenoxy) is 1. The Balaban J connectivity index is 1.56. The van der Waals surface area contributed by atoms with Gasteiger partial charge in [-0.1, -0.05) is 18.2 Å². The van der Waals surface area contributed by atoms with Gasteiger partial charge in [-0.25, -0.2) is 9.97 Å². The molecule has 0 aliphatic carbocycles. The lowest BCUT2D eigenvalue weighted by Crippen LogP contribution is -2.42. The molecule has 2 aromatic heterocycles. The van der Waals surface area contributed by atoms with Gasteiger partial charge in [0.2, 0.25) is 0 Å². The maximum atomic E-state index is 12.9. The third-order valence-corrected chi connectivity index (χ3v) is 4.29. The van der Waals surface area contributed by atoms with Crippen LogP contribution in [0.4, 0.5) is 0 Å². The first-order valence-electron chi connectivity index (χ1n) is 8.26. The molecule has 1 atom stereocenters. The van der Waals surface area contributed by atoms with Crippen molar-refractivity contribution in [1.29, 1.82) is 0 Å². The number of hydrogen-bond acceptors (Lipinski definition) is 5. The van der Waals surface area contributed by atoms with Crippen molar-refractivity contribution in [3.8, 4) is 0 Å². The van der Waals surface area contributed by atoms with E-state index in [4.69, 9.17) is 4.74 Å². The van der Waals surface area contributed by atoms with Crippen LogP contribution >= 0.6 is 0 Å². The maximum absolute atomic E-state index is 12.9. The summed E-state index contributed by atoms with van der Waals surface area (Å²) in [5.74, 6) is 0.577. The van der Waals surface area contributed by atoms with Gasteiger partial charge in [-0.15, -0.1) is 0 Å². The van der Waals surface area contributed by atoms with Crippen LogP contribution in [0.2, 0.25) is 0 Å². The monoisotopic (exact) mass is 334 g/mol. The summed E-state index contributed by atoms with van der Waals surface area (Å²) in [6.45, 7) is 3.37. The molecule has 3 aromatic rings. The smallest absolute Gasteiger partial charge is 0.255 e. The molecule has 25 heavy (non-hydrogen) atoms. The van der Waals surface area contributed by atoms with Gasteiger partial charge in [0.05, 0.1) is 24.2 Å². The number of aromatic nitrogens is 3. The number of morpholine rings is 1. The Bertz CT molecular complexity index is 928. The fourth-order valence-electron chi connectivity index (χ4n) is 2.98. The quantitative estimate of drug-likeness (QED) is 0.720. The number of pyridine rings is 1. The van der Waals surface area contributed by atoms with Gasteiger partial charge in [0.25, 0.3) is 5.91 Å². The first kappa shape index (κ1) is 15.7. The number of para-hydroxylation sites is 1. The second kappa shape index (κ2) is 6.57. The summed E-state index contributed by atoms with van der Waals surface area (Å²) in [7, 11) is 0. The molecule has 0 saturated carbocycles. The Kier molecular flexibility index (Phi) is 4.11. The zero-order chi connectivity index (χ0) is 17.2. The van der Waals surface area contributed by atoms with Crippen LogP contribution in [-0.4, -0.2) is 45.5 Å². The zero-order valence-electron chi connectivity index (χ0n) is 13.9. The molecule has 1 aromatic carbocycles. The number of amides is 1.